The standard InChI is InChI=1S/C16H21ClN2/c1-16(2,3)15(18-4)9-11-7-8-19-14-10-12(17)5-6-13(11)14/h5-8,10,15,18H,9H2,1-4H3. The molecule has 0 saturated carbocycles. The van der Waals surface area contributed by atoms with Crippen molar-refractivity contribution in [3.63, 3.8) is 0 Å². The third-order valence-electron chi connectivity index (χ3n) is 3.61. The summed E-state index contributed by atoms with van der Waals surface area (Å²) < 4.78 is 0. The third kappa shape index (κ3) is 3.26. The van der Waals surface area contributed by atoms with Gasteiger partial charge in [-0.3, -0.25) is 4.98 Å². The Labute approximate surface area is 120 Å². The van der Waals surface area contributed by atoms with E-state index in [1.165, 1.54) is 10.9 Å². The molecule has 1 aromatic heterocycles. The number of hydrogen-bond donors (Lipinski definition) is 1. The summed E-state index contributed by atoms with van der Waals surface area (Å²) in [6, 6.07) is 8.45. The lowest BCUT2D eigenvalue weighted by Crippen LogP contribution is -2.39. The number of fused-ring (bicyclic) bond motifs is 1. The Balaban J connectivity index is 2.40. The number of halogens is 1. The van der Waals surface area contributed by atoms with Crippen LogP contribution in [0.2, 0.25) is 5.02 Å². The van der Waals surface area contributed by atoms with Gasteiger partial charge in [-0.25, -0.2) is 0 Å². The molecule has 0 aliphatic heterocycles. The van der Waals surface area contributed by atoms with Crippen LogP contribution in [0.1, 0.15) is 26.3 Å². The van der Waals surface area contributed by atoms with E-state index in [0.29, 0.717) is 6.04 Å². The SMILES string of the molecule is CNC(Cc1ccnc2cc(Cl)ccc12)C(C)(C)C. The van der Waals surface area contributed by atoms with Crippen molar-refractivity contribution in [2.75, 3.05) is 7.05 Å². The molecule has 2 aromatic rings. The number of likely N-dealkylation sites (N-methyl/N-ethyl adjacent to an activating group) is 1. The van der Waals surface area contributed by atoms with Crippen LogP contribution in [0, 0.1) is 5.41 Å². The number of hydrogen-bond acceptors (Lipinski definition) is 2. The Morgan fingerprint density at radius 3 is 2.63 bits per heavy atom. The summed E-state index contributed by atoms with van der Waals surface area (Å²) >= 11 is 6.02. The first-order valence-electron chi connectivity index (χ1n) is 6.62. The zero-order chi connectivity index (χ0) is 14.0. The van der Waals surface area contributed by atoms with Crippen LogP contribution in [0.15, 0.2) is 30.5 Å². The lowest BCUT2D eigenvalue weighted by Gasteiger charge is -2.30. The molecule has 1 N–H and O–H groups in total. The molecule has 0 amide bonds. The van der Waals surface area contributed by atoms with Crippen LogP contribution in [-0.2, 0) is 6.42 Å². The molecule has 0 saturated heterocycles. The molecule has 0 radical (unpaired) electrons. The van der Waals surface area contributed by atoms with Gasteiger partial charge in [0.1, 0.15) is 0 Å². The lowest BCUT2D eigenvalue weighted by atomic mass is 9.82. The van der Waals surface area contributed by atoms with Crippen LogP contribution in [0.3, 0.4) is 0 Å². The second-order valence-corrected chi connectivity index (χ2v) is 6.48. The molecule has 1 heterocycles. The fourth-order valence-corrected chi connectivity index (χ4v) is 2.59. The largest absolute Gasteiger partial charge is 0.316 e. The highest BCUT2D eigenvalue weighted by Crippen LogP contribution is 2.26. The maximum absolute atomic E-state index is 6.02. The van der Waals surface area contributed by atoms with Crippen LogP contribution in [-0.4, -0.2) is 18.1 Å². The lowest BCUT2D eigenvalue weighted by molar-refractivity contribution is 0.280. The first-order chi connectivity index (χ1) is 8.91. The van der Waals surface area contributed by atoms with Crippen LogP contribution in [0.25, 0.3) is 10.9 Å². The molecule has 1 unspecified atom stereocenters. The molecular weight excluding hydrogens is 256 g/mol. The molecule has 0 spiro atoms. The van der Waals surface area contributed by atoms with Gasteiger partial charge >= 0.3 is 0 Å². The topological polar surface area (TPSA) is 24.9 Å². The fraction of sp³-hybridized carbons (Fsp3) is 0.438. The minimum Gasteiger partial charge on any atom is -0.316 e. The zero-order valence-electron chi connectivity index (χ0n) is 12.0. The van der Waals surface area contributed by atoms with Gasteiger partial charge in [0.25, 0.3) is 0 Å². The smallest absolute Gasteiger partial charge is 0.0719 e. The summed E-state index contributed by atoms with van der Waals surface area (Å²) in [6.45, 7) is 6.78. The van der Waals surface area contributed by atoms with Crippen molar-refractivity contribution in [3.05, 3.63) is 41.0 Å². The van der Waals surface area contributed by atoms with Gasteiger partial charge in [0.05, 0.1) is 5.52 Å². The fourth-order valence-electron chi connectivity index (χ4n) is 2.42. The molecular formula is C16H21ClN2. The first-order valence-corrected chi connectivity index (χ1v) is 7.00. The number of aromatic nitrogens is 1. The molecule has 0 aliphatic rings. The quantitative estimate of drug-likeness (QED) is 0.914. The highest BCUT2D eigenvalue weighted by atomic mass is 35.5. The Bertz CT molecular complexity index is 572. The van der Waals surface area contributed by atoms with Crippen molar-refractivity contribution in [1.29, 1.82) is 0 Å². The maximum atomic E-state index is 6.02. The number of rotatable bonds is 3. The second kappa shape index (κ2) is 5.48. The summed E-state index contributed by atoms with van der Waals surface area (Å²) in [5, 5.41) is 5.35. The Hall–Kier alpha value is -1.12. The second-order valence-electron chi connectivity index (χ2n) is 6.04. The van der Waals surface area contributed by atoms with Gasteiger partial charge in [-0.05, 0) is 42.6 Å². The van der Waals surface area contributed by atoms with Gasteiger partial charge in [-0.1, -0.05) is 38.4 Å². The summed E-state index contributed by atoms with van der Waals surface area (Å²) in [5.74, 6) is 0. The molecule has 0 bridgehead atoms. The van der Waals surface area contributed by atoms with Crippen molar-refractivity contribution in [1.82, 2.24) is 10.3 Å². The summed E-state index contributed by atoms with van der Waals surface area (Å²) in [5.41, 5.74) is 2.50. The van der Waals surface area contributed by atoms with E-state index in [2.05, 4.69) is 43.2 Å². The van der Waals surface area contributed by atoms with Gasteiger partial charge in [0, 0.05) is 22.6 Å². The molecule has 19 heavy (non-hydrogen) atoms. The van der Waals surface area contributed by atoms with E-state index >= 15 is 0 Å². The molecule has 2 nitrogen and oxygen atoms in total. The third-order valence-corrected chi connectivity index (χ3v) is 3.85. The number of pyridine rings is 1. The van der Waals surface area contributed by atoms with E-state index < -0.39 is 0 Å². The van der Waals surface area contributed by atoms with Gasteiger partial charge in [-0.15, -0.1) is 0 Å². The Morgan fingerprint density at radius 1 is 1.26 bits per heavy atom. The first kappa shape index (κ1) is 14.3. The minimum absolute atomic E-state index is 0.219. The van der Waals surface area contributed by atoms with E-state index in [1.807, 2.05) is 25.4 Å². The summed E-state index contributed by atoms with van der Waals surface area (Å²) in [4.78, 5) is 4.39. The number of nitrogens with zero attached hydrogens (tertiary/aromatic N) is 1. The van der Waals surface area contributed by atoms with Crippen LogP contribution in [0.4, 0.5) is 0 Å². The van der Waals surface area contributed by atoms with E-state index in [1.54, 1.807) is 0 Å². The Kier molecular flexibility index (Phi) is 4.12. The van der Waals surface area contributed by atoms with E-state index in [4.69, 9.17) is 11.6 Å². The van der Waals surface area contributed by atoms with Gasteiger partial charge in [-0.2, -0.15) is 0 Å². The van der Waals surface area contributed by atoms with Gasteiger partial charge in [0.15, 0.2) is 0 Å². The predicted molar refractivity (Wildman–Crippen MR) is 82.8 cm³/mol. The van der Waals surface area contributed by atoms with Gasteiger partial charge in [0.2, 0.25) is 0 Å². The predicted octanol–water partition coefficient (Wildman–Crippen LogP) is 4.06. The summed E-state index contributed by atoms with van der Waals surface area (Å²) in [7, 11) is 2.02. The van der Waals surface area contributed by atoms with E-state index in [0.717, 1.165) is 17.0 Å². The molecule has 1 aromatic carbocycles. The molecule has 0 fully saturated rings. The van der Waals surface area contributed by atoms with Crippen LogP contribution in [0.5, 0.6) is 0 Å². The molecule has 2 rings (SSSR count). The van der Waals surface area contributed by atoms with Crippen LogP contribution >= 0.6 is 11.6 Å². The van der Waals surface area contributed by atoms with Gasteiger partial charge < -0.3 is 5.32 Å². The molecule has 1 atom stereocenters. The number of benzene rings is 1. The zero-order valence-corrected chi connectivity index (χ0v) is 12.8. The van der Waals surface area contributed by atoms with Crippen LogP contribution < -0.4 is 5.32 Å². The summed E-state index contributed by atoms with van der Waals surface area (Å²) in [6.07, 6.45) is 2.85. The maximum Gasteiger partial charge on any atom is 0.0719 e. The molecule has 102 valence electrons. The average Bonchev–Trinajstić information content (AvgIpc) is 2.34. The van der Waals surface area contributed by atoms with Crippen molar-refractivity contribution in [3.8, 4) is 0 Å². The van der Waals surface area contributed by atoms with Crippen molar-refractivity contribution >= 4 is 22.5 Å². The minimum atomic E-state index is 0.219. The monoisotopic (exact) mass is 276 g/mol. The highest BCUT2D eigenvalue weighted by molar-refractivity contribution is 6.31. The van der Waals surface area contributed by atoms with Crippen molar-refractivity contribution < 1.29 is 0 Å². The highest BCUT2D eigenvalue weighted by Gasteiger charge is 2.23. The van der Waals surface area contributed by atoms with Crippen molar-refractivity contribution in [2.24, 2.45) is 5.41 Å². The molecule has 3 heteroatoms. The van der Waals surface area contributed by atoms with E-state index in [-0.39, 0.29) is 5.41 Å². The number of nitrogens with one attached hydrogen (secondary N) is 1. The average molecular weight is 277 g/mol. The normalized spacial score (nSPS) is 13.7. The van der Waals surface area contributed by atoms with Crippen molar-refractivity contribution in [2.45, 2.75) is 33.2 Å². The molecule has 0 aliphatic carbocycles. The Morgan fingerprint density at radius 2 is 2.00 bits per heavy atom. The van der Waals surface area contributed by atoms with E-state index in [9.17, 15) is 0 Å².